The quantitative estimate of drug-likeness (QED) is 0.158. The van der Waals surface area contributed by atoms with Gasteiger partial charge in [0.15, 0.2) is 0 Å². The Bertz CT molecular complexity index is 1050. The van der Waals surface area contributed by atoms with Gasteiger partial charge in [0.2, 0.25) is 11.8 Å². The molecule has 16 heteroatoms. The van der Waals surface area contributed by atoms with E-state index in [9.17, 15) is 19.2 Å². The molecule has 0 unspecified atom stereocenters. The number of unbranched alkanes of at least 4 members (excludes halogenated alkanes) is 4. The number of rotatable bonds is 14. The smallest absolute Gasteiger partial charge is 0.267 e. The monoisotopic (exact) mass is 684 g/mol. The van der Waals surface area contributed by atoms with Crippen LogP contribution in [0.4, 0.5) is 0 Å². The first-order valence-electron chi connectivity index (χ1n) is 15.4. The Morgan fingerprint density at radius 1 is 0.614 bits per heavy atom. The molecule has 4 rings (SSSR count). The molecule has 12 nitrogen and oxygen atoms in total. The second-order valence-electron chi connectivity index (χ2n) is 11.6. The topological polar surface area (TPSA) is 112 Å². The maximum absolute atomic E-state index is 13.2. The van der Waals surface area contributed by atoms with Gasteiger partial charge < -0.3 is 9.80 Å². The molecule has 2 N–H and O–H groups in total. The third-order valence-corrected chi connectivity index (χ3v) is 11.1. The van der Waals surface area contributed by atoms with Crippen LogP contribution in [0.1, 0.15) is 51.4 Å². The van der Waals surface area contributed by atoms with Crippen molar-refractivity contribution in [3.8, 4) is 0 Å². The van der Waals surface area contributed by atoms with Gasteiger partial charge in [0.05, 0.1) is 9.81 Å². The summed E-state index contributed by atoms with van der Waals surface area (Å²) in [6, 6.07) is 0. The Hall–Kier alpha value is -1.66. The van der Waals surface area contributed by atoms with Gasteiger partial charge >= 0.3 is 0 Å². The van der Waals surface area contributed by atoms with E-state index < -0.39 is 0 Å². The standard InChI is InChI=1S/C28H44N8O4S4/c1-31-13-17-33(18-14-31)29-21(37)9-5-3-7-11-35-25(39)23(43-27(35)41)24-26(40)36(28(42)44-24)12-8-4-6-10-22(38)30-34-19-15-32(2)16-20-34/h3-20H2,1-2H3,(H,29,37)(H,30,38)/b24-23+. The van der Waals surface area contributed by atoms with E-state index in [1.807, 2.05) is 10.0 Å². The number of hydrogen-bond acceptors (Lipinski definition) is 12. The Balaban J connectivity index is 1.13. The van der Waals surface area contributed by atoms with Crippen LogP contribution in [0.5, 0.6) is 0 Å². The highest BCUT2D eigenvalue weighted by molar-refractivity contribution is 8.29. The lowest BCUT2D eigenvalue weighted by molar-refractivity contribution is -0.127. The van der Waals surface area contributed by atoms with Crippen LogP contribution < -0.4 is 10.9 Å². The number of hydrazine groups is 2. The summed E-state index contributed by atoms with van der Waals surface area (Å²) in [5, 5.41) is 3.95. The van der Waals surface area contributed by atoms with Crippen molar-refractivity contribution in [2.45, 2.75) is 51.4 Å². The van der Waals surface area contributed by atoms with Gasteiger partial charge in [-0.15, -0.1) is 0 Å². The average Bonchev–Trinajstić information content (AvgIpc) is 3.43. The lowest BCUT2D eigenvalue weighted by atomic mass is 10.2. The first-order valence-corrected chi connectivity index (χ1v) is 17.8. The number of piperazine rings is 2. The normalized spacial score (nSPS) is 22.9. The minimum absolute atomic E-state index is 0.0221. The van der Waals surface area contributed by atoms with Gasteiger partial charge in [0.1, 0.15) is 8.64 Å². The second-order valence-corrected chi connectivity index (χ2v) is 14.9. The Morgan fingerprint density at radius 2 is 0.977 bits per heavy atom. The molecular formula is C28H44N8O4S4. The van der Waals surface area contributed by atoms with Gasteiger partial charge in [-0.3, -0.25) is 39.8 Å². The summed E-state index contributed by atoms with van der Waals surface area (Å²) in [5.74, 6) is -0.456. The molecule has 0 aromatic carbocycles. The van der Waals surface area contributed by atoms with Gasteiger partial charge in [-0.2, -0.15) is 0 Å². The Morgan fingerprint density at radius 3 is 1.34 bits per heavy atom. The third kappa shape index (κ3) is 10.2. The first-order chi connectivity index (χ1) is 21.1. The molecule has 44 heavy (non-hydrogen) atoms. The predicted octanol–water partition coefficient (Wildman–Crippen LogP) is 1.60. The number of likely N-dealkylation sites (N-methyl/N-ethyl adjacent to an activating group) is 2. The summed E-state index contributed by atoms with van der Waals surface area (Å²) in [6.07, 6.45) is 5.37. The van der Waals surface area contributed by atoms with E-state index in [-0.39, 0.29) is 23.6 Å². The lowest BCUT2D eigenvalue weighted by Crippen LogP contribution is -2.52. The largest absolute Gasteiger partial charge is 0.304 e. The number of nitrogens with zero attached hydrogens (tertiary/aromatic N) is 6. The number of carbonyl (C=O) groups is 4. The van der Waals surface area contributed by atoms with Gasteiger partial charge in [-0.1, -0.05) is 60.8 Å². The molecule has 0 saturated carbocycles. The molecular weight excluding hydrogens is 641 g/mol. The van der Waals surface area contributed by atoms with Crippen LogP contribution in [0.2, 0.25) is 0 Å². The minimum Gasteiger partial charge on any atom is -0.304 e. The Kier molecular flexibility index (Phi) is 13.8. The number of thioether (sulfide) groups is 2. The van der Waals surface area contributed by atoms with Crippen LogP contribution in [0.3, 0.4) is 0 Å². The highest BCUT2D eigenvalue weighted by Gasteiger charge is 2.41. The van der Waals surface area contributed by atoms with Crippen LogP contribution in [0.25, 0.3) is 0 Å². The van der Waals surface area contributed by atoms with Crippen LogP contribution in [0, 0.1) is 0 Å². The first kappa shape index (κ1) is 35.2. The summed E-state index contributed by atoms with van der Waals surface area (Å²) in [7, 11) is 4.15. The molecule has 4 fully saturated rings. The molecule has 0 radical (unpaired) electrons. The summed E-state index contributed by atoms with van der Waals surface area (Å²) < 4.78 is 0.885. The predicted molar refractivity (Wildman–Crippen MR) is 182 cm³/mol. The molecule has 4 aliphatic heterocycles. The molecule has 4 amide bonds. The molecule has 0 spiro atoms. The molecule has 0 atom stereocenters. The second kappa shape index (κ2) is 17.3. The van der Waals surface area contributed by atoms with Crippen molar-refractivity contribution in [1.29, 1.82) is 0 Å². The van der Waals surface area contributed by atoms with Gasteiger partial charge in [-0.05, 0) is 39.8 Å². The van der Waals surface area contributed by atoms with Crippen molar-refractivity contribution in [2.75, 3.05) is 79.5 Å². The fourth-order valence-electron chi connectivity index (χ4n) is 5.22. The minimum atomic E-state index is -0.250. The van der Waals surface area contributed by atoms with Crippen LogP contribution >= 0.6 is 48.0 Å². The summed E-state index contributed by atoms with van der Waals surface area (Å²) >= 11 is 13.3. The maximum Gasteiger partial charge on any atom is 0.267 e. The van der Waals surface area contributed by atoms with Crippen molar-refractivity contribution in [2.24, 2.45) is 0 Å². The van der Waals surface area contributed by atoms with Crippen molar-refractivity contribution in [3.63, 3.8) is 0 Å². The summed E-state index contributed by atoms with van der Waals surface area (Å²) in [6.45, 7) is 7.97. The number of nitrogens with one attached hydrogen (secondary N) is 2. The number of amides is 4. The number of thiocarbonyl (C=S) groups is 2. The molecule has 244 valence electrons. The molecule has 4 saturated heterocycles. The van der Waals surface area contributed by atoms with Gasteiger partial charge in [-0.25, -0.2) is 10.0 Å². The number of hydrogen-bond donors (Lipinski definition) is 2. The van der Waals surface area contributed by atoms with E-state index in [0.717, 1.165) is 114 Å². The lowest BCUT2D eigenvalue weighted by Gasteiger charge is -2.32. The summed E-state index contributed by atoms with van der Waals surface area (Å²) in [4.78, 5) is 59.2. The highest BCUT2D eigenvalue weighted by atomic mass is 32.2. The van der Waals surface area contributed by atoms with Crippen LogP contribution in [-0.2, 0) is 19.2 Å². The maximum atomic E-state index is 13.2. The molecule has 4 heterocycles. The zero-order chi connectivity index (χ0) is 31.6. The fourth-order valence-corrected chi connectivity index (χ4v) is 7.99. The summed E-state index contributed by atoms with van der Waals surface area (Å²) in [5.41, 5.74) is 5.95. The Labute approximate surface area is 279 Å². The van der Waals surface area contributed by atoms with Crippen molar-refractivity contribution in [3.05, 3.63) is 9.81 Å². The van der Waals surface area contributed by atoms with E-state index in [2.05, 4.69) is 34.7 Å². The molecule has 0 bridgehead atoms. The van der Waals surface area contributed by atoms with Crippen LogP contribution in [0.15, 0.2) is 9.81 Å². The molecule has 0 aromatic heterocycles. The fraction of sp³-hybridized carbons (Fsp3) is 0.714. The molecule has 0 aromatic rings. The molecule has 0 aliphatic carbocycles. The average molecular weight is 685 g/mol. The van der Waals surface area contributed by atoms with Gasteiger partial charge in [0.25, 0.3) is 11.8 Å². The van der Waals surface area contributed by atoms with Crippen LogP contribution in [-0.4, -0.2) is 141 Å². The third-order valence-electron chi connectivity index (χ3n) is 8.05. The van der Waals surface area contributed by atoms with E-state index >= 15 is 0 Å². The van der Waals surface area contributed by atoms with E-state index in [1.54, 1.807) is 9.80 Å². The molecule has 4 aliphatic rings. The highest BCUT2D eigenvalue weighted by Crippen LogP contribution is 2.42. The SMILES string of the molecule is CN1CCN(NC(=O)CCCCCN2C(=O)/C(=C3\SC(=S)N(CCCCCC(=O)NN4CCN(C)CC4)C3=O)SC2=S)CC1. The van der Waals surface area contributed by atoms with Crippen molar-refractivity contribution in [1.82, 2.24) is 40.5 Å². The van der Waals surface area contributed by atoms with Gasteiger partial charge in [0, 0.05) is 78.3 Å². The van der Waals surface area contributed by atoms with E-state index in [1.165, 1.54) is 0 Å². The van der Waals surface area contributed by atoms with Crippen molar-refractivity contribution >= 4 is 80.2 Å². The van der Waals surface area contributed by atoms with Crippen molar-refractivity contribution < 1.29 is 19.2 Å². The van der Waals surface area contributed by atoms with E-state index in [4.69, 9.17) is 24.4 Å². The zero-order valence-electron chi connectivity index (χ0n) is 25.7. The number of carbonyl (C=O) groups excluding carboxylic acids is 4. The van der Waals surface area contributed by atoms with E-state index in [0.29, 0.717) is 44.4 Å². The zero-order valence-corrected chi connectivity index (χ0v) is 28.9.